The zero-order valence-electron chi connectivity index (χ0n) is 16.5. The molecule has 3 aromatic rings. The maximum Gasteiger partial charge on any atom is 0.343 e. The van der Waals surface area contributed by atoms with Gasteiger partial charge in [-0.05, 0) is 62.3 Å². The summed E-state index contributed by atoms with van der Waals surface area (Å²) in [6.45, 7) is 3.91. The monoisotopic (exact) mass is 390 g/mol. The molecule has 3 aromatic carbocycles. The first-order chi connectivity index (χ1) is 14.2. The first kappa shape index (κ1) is 19.3. The lowest BCUT2D eigenvalue weighted by Gasteiger charge is -2.26. The summed E-state index contributed by atoms with van der Waals surface area (Å²) in [6.07, 6.45) is 3.89. The van der Waals surface area contributed by atoms with Gasteiger partial charge in [0.25, 0.3) is 0 Å². The summed E-state index contributed by atoms with van der Waals surface area (Å²) < 4.78 is 11.5. The van der Waals surface area contributed by atoms with Gasteiger partial charge < -0.3 is 15.2 Å². The molecule has 1 saturated heterocycles. The van der Waals surface area contributed by atoms with Gasteiger partial charge in [0.1, 0.15) is 18.1 Å². The lowest BCUT2D eigenvalue weighted by molar-refractivity contribution is 0.0737. The van der Waals surface area contributed by atoms with E-state index in [0.29, 0.717) is 23.6 Å². The quantitative estimate of drug-likeness (QED) is 0.381. The van der Waals surface area contributed by atoms with E-state index in [0.717, 1.165) is 36.2 Å². The highest BCUT2D eigenvalue weighted by molar-refractivity contribution is 6.00. The summed E-state index contributed by atoms with van der Waals surface area (Å²) in [6, 6.07) is 18.2. The van der Waals surface area contributed by atoms with Crippen molar-refractivity contribution in [3.8, 4) is 11.5 Å². The minimum atomic E-state index is -0.403. The fourth-order valence-electron chi connectivity index (χ4n) is 3.71. The van der Waals surface area contributed by atoms with Crippen LogP contribution in [0.4, 0.5) is 5.69 Å². The minimum absolute atomic E-state index is 0.403. The third kappa shape index (κ3) is 4.69. The van der Waals surface area contributed by atoms with Gasteiger partial charge in [0.05, 0.1) is 5.56 Å². The molecule has 4 rings (SSSR count). The van der Waals surface area contributed by atoms with E-state index in [-0.39, 0.29) is 0 Å². The van der Waals surface area contributed by atoms with E-state index in [1.165, 1.54) is 19.3 Å². The van der Waals surface area contributed by atoms with Gasteiger partial charge in [-0.1, -0.05) is 30.7 Å². The number of esters is 1. The Labute approximate surface area is 171 Å². The molecule has 1 aliphatic rings. The zero-order valence-corrected chi connectivity index (χ0v) is 16.5. The zero-order chi connectivity index (χ0) is 20.1. The number of nitrogens with zero attached hydrogens (tertiary/aromatic N) is 1. The second-order valence-electron chi connectivity index (χ2n) is 7.36. The van der Waals surface area contributed by atoms with Crippen molar-refractivity contribution in [1.82, 2.24) is 4.90 Å². The topological polar surface area (TPSA) is 64.8 Å². The first-order valence-electron chi connectivity index (χ1n) is 10.2. The average Bonchev–Trinajstić information content (AvgIpc) is 2.77. The molecule has 1 aliphatic heterocycles. The molecule has 150 valence electrons. The van der Waals surface area contributed by atoms with Gasteiger partial charge in [-0.25, -0.2) is 4.79 Å². The van der Waals surface area contributed by atoms with E-state index >= 15 is 0 Å². The molecular formula is C24H26N2O3. The van der Waals surface area contributed by atoms with E-state index in [9.17, 15) is 4.79 Å². The number of hydrogen-bond donors (Lipinski definition) is 1. The highest BCUT2D eigenvalue weighted by Crippen LogP contribution is 2.30. The Morgan fingerprint density at radius 3 is 2.38 bits per heavy atom. The lowest BCUT2D eigenvalue weighted by Crippen LogP contribution is -2.33. The lowest BCUT2D eigenvalue weighted by atomic mass is 10.1. The van der Waals surface area contributed by atoms with Crippen LogP contribution in [0.1, 0.15) is 29.6 Å². The molecule has 1 fully saturated rings. The summed E-state index contributed by atoms with van der Waals surface area (Å²) in [4.78, 5) is 15.0. The standard InChI is InChI=1S/C24H26N2O3/c25-22-12-13-23(21-7-3-2-6-20(21)22)29-24(27)18-8-10-19(11-9-18)28-17-16-26-14-4-1-5-15-26/h2-3,6-13H,1,4-5,14-17,25H2. The first-order valence-corrected chi connectivity index (χ1v) is 10.2. The van der Waals surface area contributed by atoms with Crippen LogP contribution < -0.4 is 15.2 Å². The molecule has 29 heavy (non-hydrogen) atoms. The molecule has 0 unspecified atom stereocenters. The number of nitrogens with two attached hydrogens (primary N) is 1. The molecule has 0 amide bonds. The van der Waals surface area contributed by atoms with Crippen molar-refractivity contribution in [2.24, 2.45) is 0 Å². The second kappa shape index (κ2) is 8.97. The fraction of sp³-hybridized carbons (Fsp3) is 0.292. The number of carbonyl (C=O) groups excluding carboxylic acids is 1. The smallest absolute Gasteiger partial charge is 0.343 e. The van der Waals surface area contributed by atoms with Crippen molar-refractivity contribution >= 4 is 22.4 Å². The van der Waals surface area contributed by atoms with Gasteiger partial charge in [0.15, 0.2) is 0 Å². The van der Waals surface area contributed by atoms with Crippen LogP contribution in [0.3, 0.4) is 0 Å². The number of fused-ring (bicyclic) bond motifs is 1. The van der Waals surface area contributed by atoms with E-state index in [2.05, 4.69) is 4.90 Å². The van der Waals surface area contributed by atoms with Crippen molar-refractivity contribution in [1.29, 1.82) is 0 Å². The molecule has 5 heteroatoms. The van der Waals surface area contributed by atoms with Crippen LogP contribution in [0, 0.1) is 0 Å². The predicted octanol–water partition coefficient (Wildman–Crippen LogP) is 4.51. The Balaban J connectivity index is 1.36. The maximum absolute atomic E-state index is 12.6. The molecule has 1 heterocycles. The Kier molecular flexibility index (Phi) is 5.96. The molecule has 5 nitrogen and oxygen atoms in total. The second-order valence-corrected chi connectivity index (χ2v) is 7.36. The van der Waals surface area contributed by atoms with E-state index in [1.54, 1.807) is 24.3 Å². The molecular weight excluding hydrogens is 364 g/mol. The Morgan fingerprint density at radius 1 is 0.897 bits per heavy atom. The van der Waals surface area contributed by atoms with Gasteiger partial charge >= 0.3 is 5.97 Å². The number of carbonyl (C=O) groups is 1. The van der Waals surface area contributed by atoms with Gasteiger partial charge in [0, 0.05) is 23.0 Å². The van der Waals surface area contributed by atoms with E-state index in [4.69, 9.17) is 15.2 Å². The molecule has 2 N–H and O–H groups in total. The predicted molar refractivity (Wildman–Crippen MR) is 116 cm³/mol. The molecule has 0 aliphatic carbocycles. The van der Waals surface area contributed by atoms with Gasteiger partial charge in [-0.2, -0.15) is 0 Å². The molecule has 0 saturated carbocycles. The van der Waals surface area contributed by atoms with Crippen molar-refractivity contribution in [3.63, 3.8) is 0 Å². The highest BCUT2D eigenvalue weighted by atomic mass is 16.5. The number of benzene rings is 3. The average molecular weight is 390 g/mol. The van der Waals surface area contributed by atoms with Crippen molar-refractivity contribution < 1.29 is 14.3 Å². The third-order valence-corrected chi connectivity index (χ3v) is 5.34. The summed E-state index contributed by atoms with van der Waals surface area (Å²) in [7, 11) is 0. The number of ether oxygens (including phenoxy) is 2. The summed E-state index contributed by atoms with van der Waals surface area (Å²) in [5.41, 5.74) is 7.15. The maximum atomic E-state index is 12.6. The Bertz CT molecular complexity index is 979. The van der Waals surface area contributed by atoms with Gasteiger partial charge in [-0.15, -0.1) is 0 Å². The number of likely N-dealkylation sites (tertiary alicyclic amines) is 1. The minimum Gasteiger partial charge on any atom is -0.492 e. The van der Waals surface area contributed by atoms with Gasteiger partial charge in [-0.3, -0.25) is 4.90 Å². The number of anilines is 1. The number of piperidine rings is 1. The molecule has 0 aromatic heterocycles. The number of hydrogen-bond acceptors (Lipinski definition) is 5. The van der Waals surface area contributed by atoms with Crippen LogP contribution >= 0.6 is 0 Å². The van der Waals surface area contributed by atoms with Crippen LogP contribution in [0.2, 0.25) is 0 Å². The van der Waals surface area contributed by atoms with Crippen LogP contribution in [-0.4, -0.2) is 37.1 Å². The summed E-state index contributed by atoms with van der Waals surface area (Å²) in [5.74, 6) is 0.859. The SMILES string of the molecule is Nc1ccc(OC(=O)c2ccc(OCCN3CCCCC3)cc2)c2ccccc12. The largest absolute Gasteiger partial charge is 0.492 e. The molecule has 0 bridgehead atoms. The van der Waals surface area contributed by atoms with Crippen molar-refractivity contribution in [2.45, 2.75) is 19.3 Å². The summed E-state index contributed by atoms with van der Waals surface area (Å²) in [5, 5.41) is 1.69. The summed E-state index contributed by atoms with van der Waals surface area (Å²) >= 11 is 0. The van der Waals surface area contributed by atoms with Crippen LogP contribution in [0.5, 0.6) is 11.5 Å². The Hall–Kier alpha value is -3.05. The van der Waals surface area contributed by atoms with Gasteiger partial charge in [0.2, 0.25) is 0 Å². The van der Waals surface area contributed by atoms with Crippen molar-refractivity contribution in [3.05, 3.63) is 66.2 Å². The molecule has 0 atom stereocenters. The Morgan fingerprint density at radius 2 is 1.62 bits per heavy atom. The number of rotatable bonds is 6. The third-order valence-electron chi connectivity index (χ3n) is 5.34. The molecule has 0 radical (unpaired) electrons. The molecule has 0 spiro atoms. The van der Waals surface area contributed by atoms with E-state index in [1.807, 2.05) is 36.4 Å². The van der Waals surface area contributed by atoms with Crippen LogP contribution in [0.25, 0.3) is 10.8 Å². The normalized spacial score (nSPS) is 14.6. The van der Waals surface area contributed by atoms with Crippen LogP contribution in [0.15, 0.2) is 60.7 Å². The highest BCUT2D eigenvalue weighted by Gasteiger charge is 2.13. The fourth-order valence-corrected chi connectivity index (χ4v) is 3.71. The number of nitrogen functional groups attached to an aromatic ring is 1. The van der Waals surface area contributed by atoms with E-state index < -0.39 is 5.97 Å². The van der Waals surface area contributed by atoms with Crippen molar-refractivity contribution in [2.75, 3.05) is 32.0 Å². The van der Waals surface area contributed by atoms with Crippen LogP contribution in [-0.2, 0) is 0 Å².